The normalized spacial score (nSPS) is 12.9. The third-order valence-electron chi connectivity index (χ3n) is 2.45. The quantitative estimate of drug-likeness (QED) is 0.613. The first-order valence-electron chi connectivity index (χ1n) is 6.02. The van der Waals surface area contributed by atoms with Crippen LogP contribution in [0, 0.1) is 11.7 Å². The van der Waals surface area contributed by atoms with Gasteiger partial charge < -0.3 is 10.5 Å². The molecule has 18 heavy (non-hydrogen) atoms. The molecule has 0 aliphatic rings. The lowest BCUT2D eigenvalue weighted by Crippen LogP contribution is -2.09. The minimum absolute atomic E-state index is 0.191. The molecule has 0 bridgehead atoms. The molecule has 0 radical (unpaired) electrons. The van der Waals surface area contributed by atoms with Crippen molar-refractivity contribution in [2.75, 3.05) is 24.7 Å². The molecule has 0 aliphatic carbocycles. The summed E-state index contributed by atoms with van der Waals surface area (Å²) in [4.78, 5) is 0.191. The Hall–Kier alpha value is -0.940. The lowest BCUT2D eigenvalue weighted by atomic mass is 10.1. The Labute approximate surface area is 110 Å². The summed E-state index contributed by atoms with van der Waals surface area (Å²) in [6.45, 7) is 5.26. The molecular formula is C13H20FNO2S. The molecule has 0 aromatic heterocycles. The van der Waals surface area contributed by atoms with E-state index < -0.39 is 16.6 Å². The molecule has 0 saturated heterocycles. The minimum atomic E-state index is -1.37. The maximum absolute atomic E-state index is 13.5. The lowest BCUT2D eigenvalue weighted by molar-refractivity contribution is 0.138. The number of benzene rings is 1. The average molecular weight is 273 g/mol. The predicted octanol–water partition coefficient (Wildman–Crippen LogP) is 2.58. The number of halogens is 1. The van der Waals surface area contributed by atoms with Gasteiger partial charge in [0.15, 0.2) is 0 Å². The summed E-state index contributed by atoms with van der Waals surface area (Å²) in [6.07, 6.45) is 0.975. The van der Waals surface area contributed by atoms with Crippen molar-refractivity contribution in [3.63, 3.8) is 0 Å². The highest BCUT2D eigenvalue weighted by Crippen LogP contribution is 2.15. The molecule has 0 fully saturated rings. The molecule has 1 rings (SSSR count). The lowest BCUT2D eigenvalue weighted by Gasteiger charge is -2.07. The second-order valence-electron chi connectivity index (χ2n) is 4.53. The van der Waals surface area contributed by atoms with E-state index in [1.807, 2.05) is 0 Å². The smallest absolute Gasteiger partial charge is 0.141 e. The van der Waals surface area contributed by atoms with Gasteiger partial charge >= 0.3 is 0 Å². The molecule has 2 N–H and O–H groups in total. The van der Waals surface area contributed by atoms with Crippen LogP contribution in [0.3, 0.4) is 0 Å². The van der Waals surface area contributed by atoms with Crippen LogP contribution in [0.1, 0.15) is 20.3 Å². The van der Waals surface area contributed by atoms with Crippen molar-refractivity contribution in [3.05, 3.63) is 24.0 Å². The van der Waals surface area contributed by atoms with E-state index in [1.165, 1.54) is 12.1 Å². The Morgan fingerprint density at radius 2 is 2.11 bits per heavy atom. The van der Waals surface area contributed by atoms with E-state index in [0.717, 1.165) is 6.42 Å². The number of nitrogen functional groups attached to an aromatic ring is 1. The Morgan fingerprint density at radius 3 is 2.72 bits per heavy atom. The van der Waals surface area contributed by atoms with Gasteiger partial charge in [-0.1, -0.05) is 13.8 Å². The number of rotatable bonds is 7. The van der Waals surface area contributed by atoms with E-state index >= 15 is 0 Å². The van der Waals surface area contributed by atoms with E-state index in [1.54, 1.807) is 6.07 Å². The first-order chi connectivity index (χ1) is 8.50. The average Bonchev–Trinajstić information content (AvgIpc) is 2.27. The summed E-state index contributed by atoms with van der Waals surface area (Å²) in [5.41, 5.74) is 5.77. The highest BCUT2D eigenvalue weighted by Gasteiger charge is 2.10. The van der Waals surface area contributed by atoms with Gasteiger partial charge in [0.05, 0.1) is 28.1 Å². The minimum Gasteiger partial charge on any atom is -0.399 e. The van der Waals surface area contributed by atoms with Gasteiger partial charge in [-0.05, 0) is 30.5 Å². The molecule has 102 valence electrons. The zero-order valence-electron chi connectivity index (χ0n) is 10.8. The van der Waals surface area contributed by atoms with E-state index in [9.17, 15) is 8.60 Å². The fourth-order valence-corrected chi connectivity index (χ4v) is 2.35. The standard InChI is InChI=1S/C13H20FNO2S/c1-10(2)5-6-17-7-8-18(16)13-4-3-11(15)9-12(13)14/h3-4,9-10H,5-8,15H2,1-2H3. The molecule has 0 amide bonds. The molecule has 0 aliphatic heterocycles. The van der Waals surface area contributed by atoms with E-state index in [4.69, 9.17) is 10.5 Å². The van der Waals surface area contributed by atoms with Gasteiger partial charge in [0, 0.05) is 12.3 Å². The van der Waals surface area contributed by atoms with Crippen LogP contribution in [0.25, 0.3) is 0 Å². The van der Waals surface area contributed by atoms with Crippen molar-refractivity contribution in [1.29, 1.82) is 0 Å². The molecule has 0 saturated carbocycles. The molecule has 1 atom stereocenters. The van der Waals surface area contributed by atoms with Gasteiger partial charge in [-0.2, -0.15) is 0 Å². The number of hydrogen-bond acceptors (Lipinski definition) is 3. The van der Waals surface area contributed by atoms with E-state index in [2.05, 4.69) is 13.8 Å². The maximum Gasteiger partial charge on any atom is 0.141 e. The highest BCUT2D eigenvalue weighted by molar-refractivity contribution is 7.85. The summed E-state index contributed by atoms with van der Waals surface area (Å²) in [5.74, 6) is 0.374. The third kappa shape index (κ3) is 5.14. The summed E-state index contributed by atoms with van der Waals surface area (Å²) >= 11 is 0. The second-order valence-corrected chi connectivity index (χ2v) is 6.07. The third-order valence-corrected chi connectivity index (χ3v) is 3.81. The Kier molecular flexibility index (Phi) is 6.29. The molecule has 3 nitrogen and oxygen atoms in total. The van der Waals surface area contributed by atoms with Crippen LogP contribution < -0.4 is 5.73 Å². The van der Waals surface area contributed by atoms with Gasteiger partial charge in [0.1, 0.15) is 5.82 Å². The summed E-state index contributed by atoms with van der Waals surface area (Å²) < 4.78 is 30.7. The van der Waals surface area contributed by atoms with Crippen LogP contribution in [-0.2, 0) is 15.5 Å². The first kappa shape index (κ1) is 15.1. The van der Waals surface area contributed by atoms with Gasteiger partial charge in [-0.3, -0.25) is 4.21 Å². The summed E-state index contributed by atoms with van der Waals surface area (Å²) in [7, 11) is -1.37. The Morgan fingerprint density at radius 1 is 1.39 bits per heavy atom. The van der Waals surface area contributed by atoms with Gasteiger partial charge in [0.2, 0.25) is 0 Å². The highest BCUT2D eigenvalue weighted by atomic mass is 32.2. The van der Waals surface area contributed by atoms with Crippen LogP contribution in [0.15, 0.2) is 23.1 Å². The maximum atomic E-state index is 13.5. The van der Waals surface area contributed by atoms with E-state index in [-0.39, 0.29) is 4.90 Å². The summed E-state index contributed by atoms with van der Waals surface area (Å²) in [6, 6.07) is 4.21. The Balaban J connectivity index is 2.36. The molecule has 1 aromatic rings. The predicted molar refractivity (Wildman–Crippen MR) is 72.4 cm³/mol. The van der Waals surface area contributed by atoms with Crippen molar-refractivity contribution in [2.45, 2.75) is 25.2 Å². The molecule has 0 heterocycles. The monoisotopic (exact) mass is 273 g/mol. The molecule has 1 unspecified atom stereocenters. The molecule has 5 heteroatoms. The fraction of sp³-hybridized carbons (Fsp3) is 0.538. The Bertz CT molecular complexity index is 410. The number of ether oxygens (including phenoxy) is 1. The number of anilines is 1. The zero-order chi connectivity index (χ0) is 13.5. The van der Waals surface area contributed by atoms with Crippen LogP contribution in [0.2, 0.25) is 0 Å². The van der Waals surface area contributed by atoms with E-state index in [0.29, 0.717) is 30.6 Å². The number of nitrogens with two attached hydrogens (primary N) is 1. The largest absolute Gasteiger partial charge is 0.399 e. The fourth-order valence-electron chi connectivity index (χ4n) is 1.37. The van der Waals surface area contributed by atoms with Gasteiger partial charge in [-0.25, -0.2) is 4.39 Å². The van der Waals surface area contributed by atoms with Gasteiger partial charge in [0.25, 0.3) is 0 Å². The topological polar surface area (TPSA) is 52.3 Å². The number of hydrogen-bond donors (Lipinski definition) is 1. The van der Waals surface area contributed by atoms with Crippen molar-refractivity contribution >= 4 is 16.5 Å². The van der Waals surface area contributed by atoms with Crippen molar-refractivity contribution in [3.8, 4) is 0 Å². The zero-order valence-corrected chi connectivity index (χ0v) is 11.6. The second kappa shape index (κ2) is 7.48. The van der Waals surface area contributed by atoms with Crippen molar-refractivity contribution < 1.29 is 13.3 Å². The molecule has 0 spiro atoms. The van der Waals surface area contributed by atoms with Crippen molar-refractivity contribution in [1.82, 2.24) is 0 Å². The SMILES string of the molecule is CC(C)CCOCCS(=O)c1ccc(N)cc1F. The molecular weight excluding hydrogens is 253 g/mol. The summed E-state index contributed by atoms with van der Waals surface area (Å²) in [5, 5.41) is 0. The first-order valence-corrected chi connectivity index (χ1v) is 7.33. The van der Waals surface area contributed by atoms with Crippen molar-refractivity contribution in [2.24, 2.45) is 5.92 Å². The van der Waals surface area contributed by atoms with Gasteiger partial charge in [-0.15, -0.1) is 0 Å². The van der Waals surface area contributed by atoms with Crippen LogP contribution in [0.5, 0.6) is 0 Å². The van der Waals surface area contributed by atoms with Crippen LogP contribution >= 0.6 is 0 Å². The van der Waals surface area contributed by atoms with Crippen LogP contribution in [-0.4, -0.2) is 23.2 Å². The molecule has 1 aromatic carbocycles. The van der Waals surface area contributed by atoms with Crippen LogP contribution in [0.4, 0.5) is 10.1 Å².